The third kappa shape index (κ3) is 2.24. The van der Waals surface area contributed by atoms with Gasteiger partial charge in [0.05, 0.1) is 17.4 Å². The summed E-state index contributed by atoms with van der Waals surface area (Å²) in [4.78, 5) is 4.03. The van der Waals surface area contributed by atoms with E-state index in [4.69, 9.17) is 5.73 Å². The maximum absolute atomic E-state index is 12.9. The van der Waals surface area contributed by atoms with Crippen LogP contribution >= 0.6 is 0 Å². The van der Waals surface area contributed by atoms with Gasteiger partial charge in [0.25, 0.3) is 0 Å². The van der Waals surface area contributed by atoms with Gasteiger partial charge in [-0.25, -0.2) is 8.78 Å². The zero-order chi connectivity index (χ0) is 13.2. The van der Waals surface area contributed by atoms with Gasteiger partial charge in [0.15, 0.2) is 0 Å². The number of rotatable bonds is 3. The molecule has 2 aromatic rings. The largest absolute Gasteiger partial charge is 0.316 e. The molecule has 0 saturated carbocycles. The van der Waals surface area contributed by atoms with Crippen LogP contribution in [-0.2, 0) is 5.54 Å². The fourth-order valence-corrected chi connectivity index (χ4v) is 1.92. The molecular formula is C14H14F2N2. The fraction of sp³-hybridized carbons (Fsp3) is 0.214. The van der Waals surface area contributed by atoms with Crippen LogP contribution in [0.3, 0.4) is 0 Å². The smallest absolute Gasteiger partial charge is 0.141 e. The Balaban J connectivity index is 2.47. The van der Waals surface area contributed by atoms with Gasteiger partial charge in [-0.3, -0.25) is 4.98 Å². The van der Waals surface area contributed by atoms with Crippen molar-refractivity contribution in [3.63, 3.8) is 0 Å². The van der Waals surface area contributed by atoms with Gasteiger partial charge in [-0.2, -0.15) is 0 Å². The first-order chi connectivity index (χ1) is 8.56. The van der Waals surface area contributed by atoms with Crippen LogP contribution in [0.25, 0.3) is 0 Å². The molecule has 1 heterocycles. The van der Waals surface area contributed by atoms with E-state index in [1.165, 1.54) is 18.2 Å². The third-order valence-electron chi connectivity index (χ3n) is 3.10. The predicted octanol–water partition coefficient (Wildman–Crippen LogP) is 2.97. The van der Waals surface area contributed by atoms with E-state index < -0.39 is 11.4 Å². The first-order valence-corrected chi connectivity index (χ1v) is 5.73. The second kappa shape index (κ2) is 4.82. The second-order valence-corrected chi connectivity index (χ2v) is 4.19. The van der Waals surface area contributed by atoms with E-state index in [-0.39, 0.29) is 5.82 Å². The van der Waals surface area contributed by atoms with Crippen molar-refractivity contribution in [2.45, 2.75) is 18.9 Å². The normalized spacial score (nSPS) is 14.2. The van der Waals surface area contributed by atoms with Gasteiger partial charge in [0.2, 0.25) is 0 Å². The Bertz CT molecular complexity index is 475. The zero-order valence-corrected chi connectivity index (χ0v) is 10.0. The van der Waals surface area contributed by atoms with Gasteiger partial charge in [-0.1, -0.05) is 19.1 Å². The van der Waals surface area contributed by atoms with Crippen molar-refractivity contribution in [2.75, 3.05) is 0 Å². The van der Waals surface area contributed by atoms with Crippen LogP contribution < -0.4 is 5.73 Å². The van der Waals surface area contributed by atoms with Gasteiger partial charge in [0, 0.05) is 0 Å². The third-order valence-corrected chi connectivity index (χ3v) is 3.10. The molecule has 2 N–H and O–H groups in total. The van der Waals surface area contributed by atoms with Crippen LogP contribution in [0.5, 0.6) is 0 Å². The van der Waals surface area contributed by atoms with E-state index in [2.05, 4.69) is 4.98 Å². The van der Waals surface area contributed by atoms with E-state index in [9.17, 15) is 8.78 Å². The fourth-order valence-electron chi connectivity index (χ4n) is 1.92. The molecule has 1 aromatic carbocycles. The van der Waals surface area contributed by atoms with Gasteiger partial charge < -0.3 is 5.73 Å². The summed E-state index contributed by atoms with van der Waals surface area (Å²) in [5, 5.41) is 0. The quantitative estimate of drug-likeness (QED) is 0.907. The van der Waals surface area contributed by atoms with Gasteiger partial charge >= 0.3 is 0 Å². The number of hydrogen-bond donors (Lipinski definition) is 1. The monoisotopic (exact) mass is 248 g/mol. The topological polar surface area (TPSA) is 38.9 Å². The molecule has 1 aromatic heterocycles. The summed E-state index contributed by atoms with van der Waals surface area (Å²) in [6, 6.07) is 8.85. The zero-order valence-electron chi connectivity index (χ0n) is 10.0. The molecule has 0 aliphatic carbocycles. The molecule has 0 bridgehead atoms. The van der Waals surface area contributed by atoms with Crippen LogP contribution in [-0.4, -0.2) is 4.98 Å². The van der Waals surface area contributed by atoms with Crippen molar-refractivity contribution in [1.82, 2.24) is 4.98 Å². The lowest BCUT2D eigenvalue weighted by Crippen LogP contribution is -2.38. The number of hydrogen-bond acceptors (Lipinski definition) is 2. The molecule has 0 aliphatic rings. The standard InChI is InChI=1S/C14H14F2N2/c1-2-14(17,10-3-5-11(15)6-4-10)13-8-7-12(16)9-18-13/h3-9H,2,17H2,1H3. The molecule has 4 heteroatoms. The maximum atomic E-state index is 12.9. The number of nitrogens with zero attached hydrogens (tertiary/aromatic N) is 1. The van der Waals surface area contributed by atoms with Crippen molar-refractivity contribution < 1.29 is 8.78 Å². The van der Waals surface area contributed by atoms with Crippen molar-refractivity contribution in [3.05, 3.63) is 65.5 Å². The average molecular weight is 248 g/mol. The Kier molecular flexibility index (Phi) is 3.39. The van der Waals surface area contributed by atoms with E-state index in [0.29, 0.717) is 12.1 Å². The summed E-state index contributed by atoms with van der Waals surface area (Å²) in [5.41, 5.74) is 6.82. The molecule has 2 nitrogen and oxygen atoms in total. The molecule has 94 valence electrons. The molecule has 2 rings (SSSR count). The minimum Gasteiger partial charge on any atom is -0.316 e. The molecule has 0 radical (unpaired) electrons. The van der Waals surface area contributed by atoms with Crippen molar-refractivity contribution in [3.8, 4) is 0 Å². The first-order valence-electron chi connectivity index (χ1n) is 5.73. The van der Waals surface area contributed by atoms with Crippen molar-refractivity contribution in [2.24, 2.45) is 5.73 Å². The molecular weight excluding hydrogens is 234 g/mol. The lowest BCUT2D eigenvalue weighted by molar-refractivity contribution is 0.497. The summed E-state index contributed by atoms with van der Waals surface area (Å²) < 4.78 is 25.8. The Morgan fingerprint density at radius 2 is 1.67 bits per heavy atom. The molecule has 1 unspecified atom stereocenters. The Morgan fingerprint density at radius 1 is 1.06 bits per heavy atom. The van der Waals surface area contributed by atoms with Crippen molar-refractivity contribution >= 4 is 0 Å². The average Bonchev–Trinajstić information content (AvgIpc) is 2.39. The van der Waals surface area contributed by atoms with Crippen molar-refractivity contribution in [1.29, 1.82) is 0 Å². The number of halogens is 2. The predicted molar refractivity (Wildman–Crippen MR) is 65.9 cm³/mol. The number of aromatic nitrogens is 1. The molecule has 0 amide bonds. The van der Waals surface area contributed by atoms with Crippen LogP contribution in [0, 0.1) is 11.6 Å². The number of nitrogens with two attached hydrogens (primary N) is 1. The van der Waals surface area contributed by atoms with Gasteiger partial charge in [-0.05, 0) is 36.2 Å². The minimum absolute atomic E-state index is 0.315. The molecule has 0 aliphatic heterocycles. The summed E-state index contributed by atoms with van der Waals surface area (Å²) in [6.45, 7) is 1.91. The summed E-state index contributed by atoms with van der Waals surface area (Å²) in [5.74, 6) is -0.722. The molecule has 0 saturated heterocycles. The van der Waals surface area contributed by atoms with Gasteiger partial charge in [0.1, 0.15) is 11.6 Å². The Labute approximate surface area is 104 Å². The van der Waals surface area contributed by atoms with Crippen LogP contribution in [0.4, 0.5) is 8.78 Å². The molecule has 0 spiro atoms. The maximum Gasteiger partial charge on any atom is 0.141 e. The van der Waals surface area contributed by atoms with Crippen LogP contribution in [0.2, 0.25) is 0 Å². The summed E-state index contributed by atoms with van der Waals surface area (Å²) in [6.07, 6.45) is 1.72. The minimum atomic E-state index is -0.832. The SMILES string of the molecule is CCC(N)(c1ccc(F)cc1)c1ccc(F)cn1. The van der Waals surface area contributed by atoms with E-state index >= 15 is 0 Å². The summed E-state index contributed by atoms with van der Waals surface area (Å²) >= 11 is 0. The molecule has 0 fully saturated rings. The highest BCUT2D eigenvalue weighted by atomic mass is 19.1. The lowest BCUT2D eigenvalue weighted by atomic mass is 9.85. The highest BCUT2D eigenvalue weighted by Gasteiger charge is 2.29. The first kappa shape index (κ1) is 12.6. The summed E-state index contributed by atoms with van der Waals surface area (Å²) in [7, 11) is 0. The number of pyridine rings is 1. The van der Waals surface area contributed by atoms with Crippen LogP contribution in [0.15, 0.2) is 42.6 Å². The lowest BCUT2D eigenvalue weighted by Gasteiger charge is -2.28. The Hall–Kier alpha value is -1.81. The van der Waals surface area contributed by atoms with Crippen LogP contribution in [0.1, 0.15) is 24.6 Å². The highest BCUT2D eigenvalue weighted by molar-refractivity contribution is 5.34. The molecule has 1 atom stereocenters. The highest BCUT2D eigenvalue weighted by Crippen LogP contribution is 2.28. The Morgan fingerprint density at radius 3 is 2.17 bits per heavy atom. The van der Waals surface area contributed by atoms with E-state index in [1.54, 1.807) is 18.2 Å². The van der Waals surface area contributed by atoms with E-state index in [0.717, 1.165) is 11.8 Å². The van der Waals surface area contributed by atoms with E-state index in [1.807, 2.05) is 6.92 Å². The number of benzene rings is 1. The van der Waals surface area contributed by atoms with Gasteiger partial charge in [-0.15, -0.1) is 0 Å². The molecule has 18 heavy (non-hydrogen) atoms. The second-order valence-electron chi connectivity index (χ2n) is 4.19.